The Balaban J connectivity index is 2.34. The molecule has 3 heteroatoms. The molecule has 0 bridgehead atoms. The van der Waals surface area contributed by atoms with Crippen LogP contribution < -0.4 is 4.74 Å². The summed E-state index contributed by atoms with van der Waals surface area (Å²) in [6.45, 7) is 7.16. The highest BCUT2D eigenvalue weighted by molar-refractivity contribution is 5.86. The molecule has 3 nitrogen and oxygen atoms in total. The van der Waals surface area contributed by atoms with E-state index in [0.29, 0.717) is 5.57 Å². The minimum Gasteiger partial charge on any atom is -0.487 e. The summed E-state index contributed by atoms with van der Waals surface area (Å²) in [6.07, 6.45) is -0.189. The molecule has 0 aliphatic carbocycles. The van der Waals surface area contributed by atoms with Crippen molar-refractivity contribution in [3.8, 4) is 5.75 Å². The molecular weight excluding hydrogens is 204 g/mol. The van der Waals surface area contributed by atoms with Crippen LogP contribution in [-0.4, -0.2) is 18.7 Å². The summed E-state index contributed by atoms with van der Waals surface area (Å²) >= 11 is 0. The van der Waals surface area contributed by atoms with Crippen LogP contribution in [0.5, 0.6) is 5.75 Å². The van der Waals surface area contributed by atoms with Crippen molar-refractivity contribution in [1.29, 1.82) is 0 Å². The van der Waals surface area contributed by atoms with E-state index in [9.17, 15) is 4.79 Å². The maximum atomic E-state index is 11.1. The van der Waals surface area contributed by atoms with E-state index >= 15 is 0 Å². The predicted octanol–water partition coefficient (Wildman–Crippen LogP) is 2.37. The Hall–Kier alpha value is -1.77. The van der Waals surface area contributed by atoms with Crippen molar-refractivity contribution in [2.75, 3.05) is 6.61 Å². The van der Waals surface area contributed by atoms with Gasteiger partial charge in [0.1, 0.15) is 18.5 Å². The number of benzene rings is 1. The smallest absolute Gasteiger partial charge is 0.333 e. The van der Waals surface area contributed by atoms with Gasteiger partial charge in [0, 0.05) is 5.57 Å². The molecule has 85 valence electrons. The average molecular weight is 219 g/mol. The quantitative estimate of drug-likeness (QED) is 0.563. The van der Waals surface area contributed by atoms with Crippen LogP contribution >= 0.6 is 0 Å². The number of ether oxygens (including phenoxy) is 2. The zero-order chi connectivity index (χ0) is 12.0. The first kappa shape index (κ1) is 12.3. The second kappa shape index (κ2) is 5.95. The highest BCUT2D eigenvalue weighted by Crippen LogP contribution is 2.10. The van der Waals surface area contributed by atoms with Gasteiger partial charge in [0.15, 0.2) is 0 Å². The van der Waals surface area contributed by atoms with Gasteiger partial charge in [-0.3, -0.25) is 0 Å². The van der Waals surface area contributed by atoms with Gasteiger partial charge in [0.05, 0.1) is 0 Å². The molecule has 0 aliphatic heterocycles. The molecule has 0 fully saturated rings. The minimum atomic E-state index is -0.392. The first-order valence-electron chi connectivity index (χ1n) is 5.05. The van der Waals surface area contributed by atoms with E-state index in [2.05, 4.69) is 12.6 Å². The molecule has 0 aromatic heterocycles. The second-order valence-corrected chi connectivity index (χ2v) is 3.54. The maximum absolute atomic E-state index is 11.1. The predicted molar refractivity (Wildman–Crippen MR) is 61.1 cm³/mol. The Labute approximate surface area is 95.7 Å². The molecule has 0 saturated heterocycles. The summed E-state index contributed by atoms with van der Waals surface area (Å²) in [5.74, 6) is 0.342. The van der Waals surface area contributed by atoms with Crippen LogP contribution in [0.4, 0.5) is 0 Å². The third kappa shape index (κ3) is 4.17. The van der Waals surface area contributed by atoms with Gasteiger partial charge >= 0.3 is 5.97 Å². The van der Waals surface area contributed by atoms with Gasteiger partial charge in [-0.05, 0) is 32.0 Å². The lowest BCUT2D eigenvalue weighted by molar-refractivity contribution is -0.141. The number of hydrogen-bond acceptors (Lipinski definition) is 3. The van der Waals surface area contributed by atoms with E-state index < -0.39 is 5.97 Å². The summed E-state index contributed by atoms with van der Waals surface area (Å²) in [7, 11) is 0. The standard InChI is InChI=1S/C13H15O3/c1-10(2)13(14)15-9-11(3)16-12-7-5-4-6-8-12/h5-8,11H,1,9H2,2-3H3. The van der Waals surface area contributed by atoms with Crippen molar-refractivity contribution in [3.05, 3.63) is 42.5 Å². The van der Waals surface area contributed by atoms with Gasteiger partial charge < -0.3 is 9.47 Å². The van der Waals surface area contributed by atoms with E-state index in [-0.39, 0.29) is 12.7 Å². The number of rotatable bonds is 5. The normalized spacial score (nSPS) is 11.6. The van der Waals surface area contributed by atoms with Crippen molar-refractivity contribution >= 4 is 5.97 Å². The zero-order valence-corrected chi connectivity index (χ0v) is 9.53. The SMILES string of the molecule is C=C(C)C(=O)OCC(C)Oc1cc[c]cc1. The van der Waals surface area contributed by atoms with E-state index in [1.54, 1.807) is 31.2 Å². The van der Waals surface area contributed by atoms with Crippen LogP contribution in [0.15, 0.2) is 36.4 Å². The topological polar surface area (TPSA) is 35.5 Å². The molecule has 1 aromatic carbocycles. The van der Waals surface area contributed by atoms with Gasteiger partial charge in [0.2, 0.25) is 0 Å². The van der Waals surface area contributed by atoms with Crippen LogP contribution in [0.3, 0.4) is 0 Å². The van der Waals surface area contributed by atoms with E-state index in [1.165, 1.54) is 0 Å². The largest absolute Gasteiger partial charge is 0.487 e. The van der Waals surface area contributed by atoms with E-state index in [4.69, 9.17) is 9.47 Å². The molecule has 16 heavy (non-hydrogen) atoms. The molecule has 0 saturated carbocycles. The third-order valence-corrected chi connectivity index (χ3v) is 1.82. The maximum Gasteiger partial charge on any atom is 0.333 e. The average Bonchev–Trinajstić information content (AvgIpc) is 2.27. The summed E-state index contributed by atoms with van der Waals surface area (Å²) in [6, 6.07) is 10.0. The van der Waals surface area contributed by atoms with Crippen LogP contribution in [0.25, 0.3) is 0 Å². The number of carbonyl (C=O) groups excluding carboxylic acids is 1. The highest BCUT2D eigenvalue weighted by Gasteiger charge is 2.08. The Morgan fingerprint density at radius 3 is 2.69 bits per heavy atom. The van der Waals surface area contributed by atoms with Gasteiger partial charge in [0.25, 0.3) is 0 Å². The Bertz CT molecular complexity index is 357. The van der Waals surface area contributed by atoms with Crippen LogP contribution in [0.2, 0.25) is 0 Å². The van der Waals surface area contributed by atoms with Gasteiger partial charge in [-0.25, -0.2) is 4.79 Å². The van der Waals surface area contributed by atoms with Crippen LogP contribution in [0.1, 0.15) is 13.8 Å². The first-order valence-corrected chi connectivity index (χ1v) is 5.05. The van der Waals surface area contributed by atoms with Gasteiger partial charge in [-0.1, -0.05) is 18.7 Å². The molecule has 1 atom stereocenters. The fourth-order valence-electron chi connectivity index (χ4n) is 1.03. The molecular formula is C13H15O3. The molecule has 0 spiro atoms. The summed E-state index contributed by atoms with van der Waals surface area (Å²) in [5.41, 5.74) is 0.390. The lowest BCUT2D eigenvalue weighted by Crippen LogP contribution is -2.21. The first-order chi connectivity index (χ1) is 7.59. The third-order valence-electron chi connectivity index (χ3n) is 1.82. The molecule has 0 heterocycles. The zero-order valence-electron chi connectivity index (χ0n) is 9.53. The van der Waals surface area contributed by atoms with Crippen molar-refractivity contribution in [2.24, 2.45) is 0 Å². The van der Waals surface area contributed by atoms with Gasteiger partial charge in [-0.15, -0.1) is 0 Å². The fraction of sp³-hybridized carbons (Fsp3) is 0.308. The fourth-order valence-corrected chi connectivity index (χ4v) is 1.03. The Morgan fingerprint density at radius 1 is 1.50 bits per heavy atom. The molecule has 1 radical (unpaired) electrons. The van der Waals surface area contributed by atoms with Gasteiger partial charge in [-0.2, -0.15) is 0 Å². The lowest BCUT2D eigenvalue weighted by Gasteiger charge is -2.14. The van der Waals surface area contributed by atoms with Crippen molar-refractivity contribution in [2.45, 2.75) is 20.0 Å². The number of carbonyl (C=O) groups is 1. The summed E-state index contributed by atoms with van der Waals surface area (Å²) < 4.78 is 10.5. The van der Waals surface area contributed by atoms with E-state index in [0.717, 1.165) is 5.75 Å². The Kier molecular flexibility index (Phi) is 4.58. The van der Waals surface area contributed by atoms with E-state index in [1.807, 2.05) is 6.92 Å². The molecule has 1 aromatic rings. The van der Waals surface area contributed by atoms with Crippen LogP contribution in [0, 0.1) is 6.07 Å². The van der Waals surface area contributed by atoms with Crippen molar-refractivity contribution in [1.82, 2.24) is 0 Å². The monoisotopic (exact) mass is 219 g/mol. The summed E-state index contributed by atoms with van der Waals surface area (Å²) in [4.78, 5) is 11.1. The van der Waals surface area contributed by atoms with Crippen molar-refractivity contribution in [3.63, 3.8) is 0 Å². The summed E-state index contributed by atoms with van der Waals surface area (Å²) in [5, 5.41) is 0. The Morgan fingerprint density at radius 2 is 2.12 bits per heavy atom. The number of esters is 1. The highest BCUT2D eigenvalue weighted by atomic mass is 16.6. The molecule has 0 aliphatic rings. The molecule has 1 unspecified atom stereocenters. The molecule has 0 amide bonds. The lowest BCUT2D eigenvalue weighted by atomic mass is 10.3. The molecule has 0 N–H and O–H groups in total. The van der Waals surface area contributed by atoms with Crippen molar-refractivity contribution < 1.29 is 14.3 Å². The second-order valence-electron chi connectivity index (χ2n) is 3.54. The molecule has 1 rings (SSSR count). The van der Waals surface area contributed by atoms with Crippen LogP contribution in [-0.2, 0) is 9.53 Å². The minimum absolute atomic E-state index is 0.189. The number of hydrogen-bond donors (Lipinski definition) is 0.